The van der Waals surface area contributed by atoms with Crippen LogP contribution in [0.3, 0.4) is 0 Å². The van der Waals surface area contributed by atoms with E-state index < -0.39 is 29.3 Å². The number of anilines is 1. The number of hydrogen-bond acceptors (Lipinski definition) is 5. The second-order valence-corrected chi connectivity index (χ2v) is 9.47. The highest BCUT2D eigenvalue weighted by Gasteiger charge is 2.46. The van der Waals surface area contributed by atoms with Crippen LogP contribution in [0.25, 0.3) is 5.76 Å². The molecule has 0 aromatic heterocycles. The van der Waals surface area contributed by atoms with Gasteiger partial charge in [-0.3, -0.25) is 9.59 Å². The quantitative estimate of drug-likeness (QED) is 0.229. The summed E-state index contributed by atoms with van der Waals surface area (Å²) in [4.78, 5) is 30.6. The first-order valence-corrected chi connectivity index (χ1v) is 12.7. The number of methoxy groups -OCH3 is 1. The lowest BCUT2D eigenvalue weighted by Gasteiger charge is -2.27. The topological polar surface area (TPSA) is 70.1 Å². The van der Waals surface area contributed by atoms with Gasteiger partial charge in [0.25, 0.3) is 11.7 Å². The average molecular weight is 517 g/mol. The Bertz CT molecular complexity index is 1390. The Hall–Kier alpha value is -4.13. The average Bonchev–Trinajstić information content (AvgIpc) is 3.16. The van der Waals surface area contributed by atoms with Crippen LogP contribution < -0.4 is 9.64 Å². The van der Waals surface area contributed by atoms with E-state index in [0.717, 1.165) is 41.5 Å². The van der Waals surface area contributed by atoms with Crippen molar-refractivity contribution in [1.82, 2.24) is 4.90 Å². The fourth-order valence-corrected chi connectivity index (χ4v) is 5.01. The van der Waals surface area contributed by atoms with Crippen molar-refractivity contribution < 1.29 is 23.8 Å². The molecule has 3 aromatic carbocycles. The molecule has 1 aliphatic rings. The highest BCUT2D eigenvalue weighted by atomic mass is 19.1. The molecule has 1 aliphatic heterocycles. The van der Waals surface area contributed by atoms with Gasteiger partial charge in [0.15, 0.2) is 0 Å². The zero-order chi connectivity index (χ0) is 27.6. The molecule has 38 heavy (non-hydrogen) atoms. The summed E-state index contributed by atoms with van der Waals surface area (Å²) in [5.74, 6) is -2.42. The molecule has 0 aliphatic carbocycles. The van der Waals surface area contributed by atoms with Crippen LogP contribution >= 0.6 is 0 Å². The van der Waals surface area contributed by atoms with Crippen molar-refractivity contribution in [1.29, 1.82) is 0 Å². The summed E-state index contributed by atoms with van der Waals surface area (Å²) in [6.45, 7) is 9.91. The van der Waals surface area contributed by atoms with Crippen LogP contribution in [0.4, 0.5) is 10.1 Å². The summed E-state index contributed by atoms with van der Waals surface area (Å²) in [7, 11) is 1.40. The monoisotopic (exact) mass is 516 g/mol. The molecular formula is C31H33FN2O4. The summed E-state index contributed by atoms with van der Waals surface area (Å²) >= 11 is 0. The van der Waals surface area contributed by atoms with Gasteiger partial charge in [-0.25, -0.2) is 4.39 Å². The molecule has 0 saturated carbocycles. The first kappa shape index (κ1) is 26.9. The molecule has 198 valence electrons. The first-order valence-electron chi connectivity index (χ1n) is 12.7. The van der Waals surface area contributed by atoms with E-state index in [2.05, 4.69) is 18.7 Å². The Balaban J connectivity index is 1.90. The fourth-order valence-electron chi connectivity index (χ4n) is 5.01. The number of aliphatic hydroxyl groups excluding tert-OH is 1. The van der Waals surface area contributed by atoms with Gasteiger partial charge in [0, 0.05) is 25.3 Å². The minimum Gasteiger partial charge on any atom is -0.507 e. The van der Waals surface area contributed by atoms with E-state index in [0.29, 0.717) is 5.56 Å². The number of ether oxygens (including phenoxy) is 1. The third kappa shape index (κ3) is 5.01. The van der Waals surface area contributed by atoms with E-state index in [9.17, 15) is 19.1 Å². The van der Waals surface area contributed by atoms with Crippen LogP contribution in [0.15, 0.2) is 66.2 Å². The molecule has 0 radical (unpaired) electrons. The van der Waals surface area contributed by atoms with Crippen molar-refractivity contribution in [3.8, 4) is 5.75 Å². The number of hydrogen-bond donors (Lipinski definition) is 1. The second kappa shape index (κ2) is 11.1. The number of amides is 1. The molecule has 7 heteroatoms. The number of likely N-dealkylation sites (tertiary alicyclic amines) is 1. The van der Waals surface area contributed by atoms with Crippen LogP contribution in [0, 0.1) is 19.7 Å². The van der Waals surface area contributed by atoms with E-state index in [1.54, 1.807) is 0 Å². The highest BCUT2D eigenvalue weighted by Crippen LogP contribution is 2.42. The minimum absolute atomic E-state index is 0.0157. The lowest BCUT2D eigenvalue weighted by atomic mass is 9.94. The molecule has 0 spiro atoms. The van der Waals surface area contributed by atoms with Crippen LogP contribution in [0.1, 0.15) is 47.7 Å². The maximum atomic E-state index is 14.2. The van der Waals surface area contributed by atoms with Gasteiger partial charge in [-0.05, 0) is 74.7 Å². The molecular weight excluding hydrogens is 483 g/mol. The van der Waals surface area contributed by atoms with Crippen molar-refractivity contribution in [3.05, 3.63) is 99.9 Å². The highest BCUT2D eigenvalue weighted by molar-refractivity contribution is 6.46. The van der Waals surface area contributed by atoms with Gasteiger partial charge in [0.05, 0.1) is 24.3 Å². The Morgan fingerprint density at radius 1 is 1.00 bits per heavy atom. The summed E-state index contributed by atoms with van der Waals surface area (Å²) in [5.41, 5.74) is 4.52. The number of halogens is 1. The number of aliphatic hydroxyl groups is 1. The molecule has 1 saturated heterocycles. The van der Waals surface area contributed by atoms with Crippen LogP contribution in [0.5, 0.6) is 5.75 Å². The van der Waals surface area contributed by atoms with Gasteiger partial charge in [-0.1, -0.05) is 35.9 Å². The van der Waals surface area contributed by atoms with E-state index in [4.69, 9.17) is 4.74 Å². The van der Waals surface area contributed by atoms with Crippen molar-refractivity contribution >= 4 is 23.1 Å². The van der Waals surface area contributed by atoms with Crippen molar-refractivity contribution in [2.24, 2.45) is 0 Å². The Morgan fingerprint density at radius 3 is 2.32 bits per heavy atom. The maximum absolute atomic E-state index is 14.2. The molecule has 6 nitrogen and oxygen atoms in total. The third-order valence-corrected chi connectivity index (χ3v) is 7.14. The molecule has 1 fully saturated rings. The number of benzene rings is 3. The summed E-state index contributed by atoms with van der Waals surface area (Å²) in [5, 5.41) is 11.4. The second-order valence-electron chi connectivity index (χ2n) is 9.47. The van der Waals surface area contributed by atoms with Crippen molar-refractivity contribution in [3.63, 3.8) is 0 Å². The SMILES string of the molecule is CCN(CC)c1ccc(C2/C(=C(\O)c3cc(F)ccc3OC)C(=O)C(=O)N2Cc2cc(C)ccc2C)cc1. The Kier molecular flexibility index (Phi) is 7.86. The smallest absolute Gasteiger partial charge is 0.295 e. The zero-order valence-electron chi connectivity index (χ0n) is 22.4. The normalized spacial score (nSPS) is 16.7. The van der Waals surface area contributed by atoms with E-state index in [1.165, 1.54) is 24.1 Å². The first-order chi connectivity index (χ1) is 18.2. The Labute approximate surface area is 223 Å². The van der Waals surface area contributed by atoms with Crippen molar-refractivity contribution in [2.75, 3.05) is 25.1 Å². The molecule has 1 unspecified atom stereocenters. The predicted molar refractivity (Wildman–Crippen MR) is 147 cm³/mol. The number of Topliss-reactive ketones (excluding diaryl/α,β-unsaturated/α-hetero) is 1. The van der Waals surface area contributed by atoms with Gasteiger partial charge in [-0.15, -0.1) is 0 Å². The zero-order valence-corrected chi connectivity index (χ0v) is 22.4. The van der Waals surface area contributed by atoms with Gasteiger partial charge in [-0.2, -0.15) is 0 Å². The number of carbonyl (C=O) groups excluding carboxylic acids is 2. The van der Waals surface area contributed by atoms with Gasteiger partial charge < -0.3 is 19.6 Å². The molecule has 1 amide bonds. The number of rotatable bonds is 8. The number of nitrogens with zero attached hydrogens (tertiary/aromatic N) is 2. The van der Waals surface area contributed by atoms with Gasteiger partial charge in [0.2, 0.25) is 0 Å². The lowest BCUT2D eigenvalue weighted by Crippen LogP contribution is -2.29. The maximum Gasteiger partial charge on any atom is 0.295 e. The number of ketones is 1. The van der Waals surface area contributed by atoms with E-state index >= 15 is 0 Å². The number of aryl methyl sites for hydroxylation is 2. The summed E-state index contributed by atoms with van der Waals surface area (Å²) in [6.07, 6.45) is 0. The Morgan fingerprint density at radius 2 is 1.68 bits per heavy atom. The molecule has 0 bridgehead atoms. The number of carbonyl (C=O) groups is 2. The molecule has 1 atom stereocenters. The van der Waals surface area contributed by atoms with Gasteiger partial charge in [0.1, 0.15) is 17.3 Å². The van der Waals surface area contributed by atoms with Crippen LogP contribution in [-0.2, 0) is 16.1 Å². The van der Waals surface area contributed by atoms with Gasteiger partial charge >= 0.3 is 0 Å². The summed E-state index contributed by atoms with van der Waals surface area (Å²) < 4.78 is 19.5. The van der Waals surface area contributed by atoms with Crippen LogP contribution in [-0.4, -0.2) is 41.9 Å². The fraction of sp³-hybridized carbons (Fsp3) is 0.290. The van der Waals surface area contributed by atoms with E-state index in [-0.39, 0.29) is 23.4 Å². The van der Waals surface area contributed by atoms with E-state index in [1.807, 2.05) is 56.3 Å². The van der Waals surface area contributed by atoms with Crippen molar-refractivity contribution in [2.45, 2.75) is 40.3 Å². The largest absolute Gasteiger partial charge is 0.507 e. The molecule has 1 N–H and O–H groups in total. The van der Waals surface area contributed by atoms with Crippen LogP contribution in [0.2, 0.25) is 0 Å². The molecule has 4 rings (SSSR count). The lowest BCUT2D eigenvalue weighted by molar-refractivity contribution is -0.140. The molecule has 1 heterocycles. The minimum atomic E-state index is -0.867. The predicted octanol–water partition coefficient (Wildman–Crippen LogP) is 5.92. The molecule has 3 aromatic rings. The third-order valence-electron chi connectivity index (χ3n) is 7.14. The standard InChI is InChI=1S/C31H33FN2O4/c1-6-33(7-2)24-13-10-21(11-14-24)28-27(29(35)25-17-23(32)12-15-26(25)38-5)30(36)31(37)34(28)18-22-16-19(3)8-9-20(22)4/h8-17,28,35H,6-7,18H2,1-5H3/b29-27+. The summed E-state index contributed by atoms with van der Waals surface area (Å²) in [6, 6.07) is 16.4.